The first-order valence-electron chi connectivity index (χ1n) is 4.60. The summed E-state index contributed by atoms with van der Waals surface area (Å²) in [6, 6.07) is 2.12. The predicted molar refractivity (Wildman–Crippen MR) is 63.8 cm³/mol. The van der Waals surface area contributed by atoms with Crippen LogP contribution in [0.5, 0.6) is 0 Å². The monoisotopic (exact) mass is 273 g/mol. The van der Waals surface area contributed by atoms with E-state index in [9.17, 15) is 0 Å². The first kappa shape index (κ1) is 9.98. The molecule has 5 heteroatoms. The fourth-order valence-corrected chi connectivity index (χ4v) is 2.51. The second kappa shape index (κ2) is 4.79. The fraction of sp³-hybridized carbons (Fsp3) is 0.444. The quantitative estimate of drug-likeness (QED) is 0.864. The number of nitrogens with one attached hydrogen (secondary N) is 2. The van der Waals surface area contributed by atoms with Gasteiger partial charge in [0.1, 0.15) is 0 Å². The van der Waals surface area contributed by atoms with Crippen LogP contribution in [0.4, 0.5) is 0 Å². The SMILES string of the molecule is Brc1sccc1CNC1=NCCCN1. The molecule has 0 atom stereocenters. The van der Waals surface area contributed by atoms with Gasteiger partial charge in [0.05, 0.1) is 3.79 Å². The van der Waals surface area contributed by atoms with Gasteiger partial charge in [0, 0.05) is 19.6 Å². The maximum atomic E-state index is 4.34. The van der Waals surface area contributed by atoms with E-state index in [1.54, 1.807) is 11.3 Å². The zero-order valence-electron chi connectivity index (χ0n) is 7.72. The number of halogens is 1. The second-order valence-electron chi connectivity index (χ2n) is 3.08. The van der Waals surface area contributed by atoms with Crippen LogP contribution in [0.15, 0.2) is 20.2 Å². The first-order chi connectivity index (χ1) is 6.86. The van der Waals surface area contributed by atoms with Crippen molar-refractivity contribution in [1.29, 1.82) is 0 Å². The fourth-order valence-electron chi connectivity index (χ4n) is 1.28. The Morgan fingerprint density at radius 1 is 1.64 bits per heavy atom. The summed E-state index contributed by atoms with van der Waals surface area (Å²) in [5.74, 6) is 0.925. The van der Waals surface area contributed by atoms with Crippen molar-refractivity contribution >= 4 is 33.2 Å². The minimum atomic E-state index is 0.829. The van der Waals surface area contributed by atoms with Crippen molar-refractivity contribution in [2.45, 2.75) is 13.0 Å². The van der Waals surface area contributed by atoms with E-state index in [-0.39, 0.29) is 0 Å². The average molecular weight is 274 g/mol. The zero-order chi connectivity index (χ0) is 9.80. The molecule has 2 heterocycles. The molecular formula is C9H12BrN3S. The third-order valence-electron chi connectivity index (χ3n) is 2.04. The summed E-state index contributed by atoms with van der Waals surface area (Å²) in [5, 5.41) is 8.59. The van der Waals surface area contributed by atoms with Gasteiger partial charge in [0.2, 0.25) is 0 Å². The molecule has 0 amide bonds. The van der Waals surface area contributed by atoms with Crippen molar-refractivity contribution in [3.63, 3.8) is 0 Å². The van der Waals surface area contributed by atoms with Crippen LogP contribution in [0.3, 0.4) is 0 Å². The lowest BCUT2D eigenvalue weighted by atomic mass is 10.3. The summed E-state index contributed by atoms with van der Waals surface area (Å²) in [5.41, 5.74) is 1.28. The van der Waals surface area contributed by atoms with Gasteiger partial charge in [-0.1, -0.05) is 0 Å². The topological polar surface area (TPSA) is 36.4 Å². The van der Waals surface area contributed by atoms with Crippen molar-refractivity contribution in [3.8, 4) is 0 Å². The van der Waals surface area contributed by atoms with Crippen molar-refractivity contribution in [2.75, 3.05) is 13.1 Å². The molecule has 0 saturated heterocycles. The molecule has 0 bridgehead atoms. The molecule has 2 N–H and O–H groups in total. The standard InChI is InChI=1S/C9H12BrN3S/c10-8-7(2-5-14-8)6-13-9-11-3-1-4-12-9/h2,5H,1,3-4,6H2,(H2,11,12,13). The second-order valence-corrected chi connectivity index (χ2v) is 5.32. The minimum Gasteiger partial charge on any atom is -0.356 e. The number of hydrogen-bond acceptors (Lipinski definition) is 4. The molecule has 14 heavy (non-hydrogen) atoms. The predicted octanol–water partition coefficient (Wildman–Crippen LogP) is 1.95. The van der Waals surface area contributed by atoms with E-state index in [0.29, 0.717) is 0 Å². The lowest BCUT2D eigenvalue weighted by Gasteiger charge is -2.15. The normalized spacial score (nSPS) is 15.9. The van der Waals surface area contributed by atoms with Crippen molar-refractivity contribution in [1.82, 2.24) is 10.6 Å². The maximum absolute atomic E-state index is 4.34. The average Bonchev–Trinajstić information content (AvgIpc) is 2.63. The molecule has 0 spiro atoms. The Kier molecular flexibility index (Phi) is 3.42. The summed E-state index contributed by atoms with van der Waals surface area (Å²) < 4.78 is 1.20. The molecule has 3 nitrogen and oxygen atoms in total. The van der Waals surface area contributed by atoms with E-state index in [1.807, 2.05) is 0 Å². The van der Waals surface area contributed by atoms with Crippen LogP contribution >= 0.6 is 27.3 Å². The van der Waals surface area contributed by atoms with Gasteiger partial charge in [0.25, 0.3) is 0 Å². The van der Waals surface area contributed by atoms with Gasteiger partial charge in [-0.25, -0.2) is 0 Å². The van der Waals surface area contributed by atoms with E-state index < -0.39 is 0 Å². The molecule has 2 rings (SSSR count). The molecule has 1 aliphatic heterocycles. The van der Waals surface area contributed by atoms with Gasteiger partial charge in [-0.05, 0) is 39.4 Å². The molecule has 1 aromatic rings. The molecule has 0 radical (unpaired) electrons. The van der Waals surface area contributed by atoms with Crippen LogP contribution < -0.4 is 10.6 Å². The Hall–Kier alpha value is -0.550. The molecule has 1 aromatic heterocycles. The van der Waals surface area contributed by atoms with Gasteiger partial charge >= 0.3 is 0 Å². The summed E-state index contributed by atoms with van der Waals surface area (Å²) in [6.45, 7) is 2.78. The molecule has 76 valence electrons. The Balaban J connectivity index is 1.88. The number of hydrogen-bond donors (Lipinski definition) is 2. The van der Waals surface area contributed by atoms with Crippen molar-refractivity contribution in [3.05, 3.63) is 20.8 Å². The summed E-state index contributed by atoms with van der Waals surface area (Å²) >= 11 is 5.22. The van der Waals surface area contributed by atoms with E-state index in [2.05, 4.69) is 43.0 Å². The van der Waals surface area contributed by atoms with Crippen molar-refractivity contribution < 1.29 is 0 Å². The van der Waals surface area contributed by atoms with Crippen LogP contribution in [-0.2, 0) is 6.54 Å². The van der Waals surface area contributed by atoms with Gasteiger partial charge in [-0.3, -0.25) is 4.99 Å². The highest BCUT2D eigenvalue weighted by molar-refractivity contribution is 9.11. The third kappa shape index (κ3) is 2.48. The number of thiophene rings is 1. The zero-order valence-corrected chi connectivity index (χ0v) is 10.1. The third-order valence-corrected chi connectivity index (χ3v) is 3.85. The molecule has 0 unspecified atom stereocenters. The van der Waals surface area contributed by atoms with Gasteiger partial charge in [0.15, 0.2) is 5.96 Å². The number of nitrogens with zero attached hydrogens (tertiary/aromatic N) is 1. The summed E-state index contributed by atoms with van der Waals surface area (Å²) in [7, 11) is 0. The van der Waals surface area contributed by atoms with E-state index in [0.717, 1.165) is 32.0 Å². The maximum Gasteiger partial charge on any atom is 0.191 e. The van der Waals surface area contributed by atoms with E-state index in [1.165, 1.54) is 9.35 Å². The minimum absolute atomic E-state index is 0.829. The van der Waals surface area contributed by atoms with Gasteiger partial charge in [-0.15, -0.1) is 11.3 Å². The smallest absolute Gasteiger partial charge is 0.191 e. The molecule has 0 aliphatic carbocycles. The molecule has 0 fully saturated rings. The highest BCUT2D eigenvalue weighted by Crippen LogP contribution is 2.22. The summed E-state index contributed by atoms with van der Waals surface area (Å²) in [4.78, 5) is 4.34. The molecule has 0 aromatic carbocycles. The number of guanidine groups is 1. The lowest BCUT2D eigenvalue weighted by molar-refractivity contribution is 0.702. The first-order valence-corrected chi connectivity index (χ1v) is 6.27. The van der Waals surface area contributed by atoms with E-state index >= 15 is 0 Å². The molecule has 1 aliphatic rings. The lowest BCUT2D eigenvalue weighted by Crippen LogP contribution is -2.40. The van der Waals surface area contributed by atoms with Crippen LogP contribution in [0.2, 0.25) is 0 Å². The van der Waals surface area contributed by atoms with Crippen LogP contribution in [0.1, 0.15) is 12.0 Å². The van der Waals surface area contributed by atoms with Crippen molar-refractivity contribution in [2.24, 2.45) is 4.99 Å². The molecular weight excluding hydrogens is 262 g/mol. The van der Waals surface area contributed by atoms with Gasteiger partial charge < -0.3 is 10.6 Å². The molecule has 0 saturated carbocycles. The van der Waals surface area contributed by atoms with Crippen LogP contribution in [0.25, 0.3) is 0 Å². The number of rotatable bonds is 2. The largest absolute Gasteiger partial charge is 0.356 e. The number of aliphatic imine (C=N–C) groups is 1. The van der Waals surface area contributed by atoms with Crippen LogP contribution in [-0.4, -0.2) is 19.0 Å². The van der Waals surface area contributed by atoms with Gasteiger partial charge in [-0.2, -0.15) is 0 Å². The Bertz CT molecular complexity index is 335. The Labute approximate surface area is 95.8 Å². The van der Waals surface area contributed by atoms with Crippen LogP contribution in [0, 0.1) is 0 Å². The Morgan fingerprint density at radius 3 is 3.21 bits per heavy atom. The highest BCUT2D eigenvalue weighted by Gasteiger charge is 2.05. The Morgan fingerprint density at radius 2 is 2.57 bits per heavy atom. The summed E-state index contributed by atoms with van der Waals surface area (Å²) in [6.07, 6.45) is 1.13. The highest BCUT2D eigenvalue weighted by atomic mass is 79.9. The van der Waals surface area contributed by atoms with E-state index in [4.69, 9.17) is 0 Å².